The van der Waals surface area contributed by atoms with Gasteiger partial charge in [0.1, 0.15) is 5.60 Å². The average molecular weight is 357 g/mol. The average Bonchev–Trinajstić information content (AvgIpc) is 3.15. The van der Waals surface area contributed by atoms with Gasteiger partial charge in [0.15, 0.2) is 0 Å². The molecule has 7 nitrogen and oxygen atoms in total. The lowest BCUT2D eigenvalue weighted by Crippen LogP contribution is -2.53. The molecule has 1 N–H and O–H groups in total. The monoisotopic (exact) mass is 356 g/mol. The van der Waals surface area contributed by atoms with Gasteiger partial charge in [0.05, 0.1) is 31.0 Å². The molecule has 2 aliphatic rings. The van der Waals surface area contributed by atoms with Gasteiger partial charge >= 0.3 is 0 Å². The number of rotatable bonds is 5. The van der Waals surface area contributed by atoms with Crippen LogP contribution in [0, 0.1) is 0 Å². The van der Waals surface area contributed by atoms with E-state index in [1.807, 2.05) is 0 Å². The van der Waals surface area contributed by atoms with Gasteiger partial charge in [-0.1, -0.05) is 11.6 Å². The third-order valence-electron chi connectivity index (χ3n) is 4.59. The first-order valence-corrected chi connectivity index (χ1v) is 8.90. The first kappa shape index (κ1) is 17.7. The fraction of sp³-hybridized carbons (Fsp3) is 0.750. The number of carbonyl (C=O) groups excluding carboxylic acids is 1. The second-order valence-electron chi connectivity index (χ2n) is 6.75. The second kappa shape index (κ2) is 7.82. The van der Waals surface area contributed by atoms with Crippen molar-refractivity contribution >= 4 is 17.5 Å². The van der Waals surface area contributed by atoms with Crippen molar-refractivity contribution in [3.63, 3.8) is 0 Å². The van der Waals surface area contributed by atoms with E-state index in [-0.39, 0.29) is 12.5 Å². The van der Waals surface area contributed by atoms with Gasteiger partial charge in [-0.05, 0) is 25.9 Å². The number of amides is 1. The smallest absolute Gasteiger partial charge is 0.224 e. The summed E-state index contributed by atoms with van der Waals surface area (Å²) in [5.74, 6) is 0.00645. The molecule has 0 aliphatic carbocycles. The molecular weight excluding hydrogens is 332 g/mol. The zero-order chi connectivity index (χ0) is 17.0. The van der Waals surface area contributed by atoms with E-state index in [9.17, 15) is 9.90 Å². The van der Waals surface area contributed by atoms with Crippen molar-refractivity contribution in [2.24, 2.45) is 0 Å². The van der Waals surface area contributed by atoms with E-state index in [0.29, 0.717) is 44.2 Å². The molecule has 3 rings (SSSR count). The number of aryl methyl sites for hydroxylation is 1. The highest BCUT2D eigenvalue weighted by atomic mass is 35.5. The van der Waals surface area contributed by atoms with E-state index in [4.69, 9.17) is 16.3 Å². The van der Waals surface area contributed by atoms with E-state index in [1.165, 1.54) is 12.8 Å². The number of aromatic nitrogens is 2. The quantitative estimate of drug-likeness (QED) is 0.837. The first-order valence-electron chi connectivity index (χ1n) is 8.52. The number of aliphatic hydroxyl groups is 1. The topological polar surface area (TPSA) is 70.8 Å². The molecule has 1 amide bonds. The number of nitrogens with zero attached hydrogens (tertiary/aromatic N) is 4. The maximum absolute atomic E-state index is 12.5. The van der Waals surface area contributed by atoms with Gasteiger partial charge in [0.2, 0.25) is 5.91 Å². The van der Waals surface area contributed by atoms with Crippen LogP contribution in [-0.4, -0.2) is 82.1 Å². The Hall–Kier alpha value is -1.15. The van der Waals surface area contributed by atoms with Crippen LogP contribution in [0.3, 0.4) is 0 Å². The minimum atomic E-state index is -0.995. The Morgan fingerprint density at radius 2 is 2.17 bits per heavy atom. The molecule has 2 fully saturated rings. The lowest BCUT2D eigenvalue weighted by Gasteiger charge is -2.34. The van der Waals surface area contributed by atoms with Gasteiger partial charge in [0, 0.05) is 32.3 Å². The van der Waals surface area contributed by atoms with Crippen LogP contribution in [-0.2, 0) is 16.1 Å². The summed E-state index contributed by atoms with van der Waals surface area (Å²) in [5.41, 5.74) is -0.995. The highest BCUT2D eigenvalue weighted by Gasteiger charge is 2.36. The van der Waals surface area contributed by atoms with Crippen molar-refractivity contribution in [2.75, 3.05) is 45.9 Å². The number of hydrogen-bond donors (Lipinski definition) is 1. The molecule has 3 heterocycles. The molecule has 24 heavy (non-hydrogen) atoms. The number of carbonyl (C=O) groups is 1. The van der Waals surface area contributed by atoms with Gasteiger partial charge in [-0.2, -0.15) is 5.10 Å². The molecule has 1 aromatic rings. The van der Waals surface area contributed by atoms with Crippen LogP contribution in [0.15, 0.2) is 12.4 Å². The molecule has 134 valence electrons. The van der Waals surface area contributed by atoms with Crippen molar-refractivity contribution in [2.45, 2.75) is 31.4 Å². The summed E-state index contributed by atoms with van der Waals surface area (Å²) in [6.45, 7) is 4.64. The minimum absolute atomic E-state index is 0.00645. The number of likely N-dealkylation sites (tertiary alicyclic amines) is 1. The molecule has 1 unspecified atom stereocenters. The largest absolute Gasteiger partial charge is 0.384 e. The van der Waals surface area contributed by atoms with Crippen LogP contribution >= 0.6 is 11.6 Å². The molecule has 0 spiro atoms. The number of ether oxygens (including phenoxy) is 1. The SMILES string of the molecule is O=C(CCn1cc(Cl)cn1)N1CCOCC(O)(CN2CCCC2)C1. The summed E-state index contributed by atoms with van der Waals surface area (Å²) in [4.78, 5) is 16.5. The minimum Gasteiger partial charge on any atom is -0.384 e. The van der Waals surface area contributed by atoms with Crippen LogP contribution in [0.4, 0.5) is 0 Å². The van der Waals surface area contributed by atoms with Gasteiger partial charge in [-0.15, -0.1) is 0 Å². The Bertz CT molecular complexity index is 561. The molecule has 8 heteroatoms. The standard InChI is InChI=1S/C16H25ClN4O3/c17-14-9-18-21(10-14)6-3-15(22)20-7-8-24-13-16(23,12-20)11-19-4-1-2-5-19/h9-10,23H,1-8,11-13H2. The third kappa shape index (κ3) is 4.69. The molecule has 0 radical (unpaired) electrons. The Kier molecular flexibility index (Phi) is 5.76. The zero-order valence-electron chi connectivity index (χ0n) is 13.9. The summed E-state index contributed by atoms with van der Waals surface area (Å²) in [7, 11) is 0. The van der Waals surface area contributed by atoms with E-state index in [2.05, 4.69) is 10.00 Å². The van der Waals surface area contributed by atoms with Crippen LogP contribution < -0.4 is 0 Å². The molecule has 1 atom stereocenters. The van der Waals surface area contributed by atoms with Crippen molar-refractivity contribution in [1.29, 1.82) is 0 Å². The third-order valence-corrected chi connectivity index (χ3v) is 4.78. The van der Waals surface area contributed by atoms with Crippen molar-refractivity contribution in [1.82, 2.24) is 19.6 Å². The maximum Gasteiger partial charge on any atom is 0.224 e. The summed E-state index contributed by atoms with van der Waals surface area (Å²) >= 11 is 5.83. The Morgan fingerprint density at radius 3 is 2.88 bits per heavy atom. The van der Waals surface area contributed by atoms with E-state index in [1.54, 1.807) is 22.0 Å². The summed E-state index contributed by atoms with van der Waals surface area (Å²) < 4.78 is 7.22. The fourth-order valence-corrected chi connectivity index (χ4v) is 3.57. The highest BCUT2D eigenvalue weighted by Crippen LogP contribution is 2.18. The van der Waals surface area contributed by atoms with Gasteiger partial charge < -0.3 is 19.6 Å². The van der Waals surface area contributed by atoms with Gasteiger partial charge in [-0.25, -0.2) is 0 Å². The number of hydrogen-bond acceptors (Lipinski definition) is 5. The molecule has 0 aromatic carbocycles. The van der Waals surface area contributed by atoms with Crippen LogP contribution in [0.2, 0.25) is 5.02 Å². The van der Waals surface area contributed by atoms with Crippen molar-refractivity contribution in [3.05, 3.63) is 17.4 Å². The number of β-amino-alcohol motifs (C(OH)–C–C–N with tert-alkyl or cyclic N) is 1. The highest BCUT2D eigenvalue weighted by molar-refractivity contribution is 6.30. The summed E-state index contributed by atoms with van der Waals surface area (Å²) in [5, 5.41) is 15.6. The molecule has 0 saturated carbocycles. The van der Waals surface area contributed by atoms with Crippen LogP contribution in [0.5, 0.6) is 0 Å². The maximum atomic E-state index is 12.5. The van der Waals surface area contributed by atoms with Crippen molar-refractivity contribution in [3.8, 4) is 0 Å². The zero-order valence-corrected chi connectivity index (χ0v) is 14.6. The van der Waals surface area contributed by atoms with E-state index in [0.717, 1.165) is 13.1 Å². The predicted octanol–water partition coefficient (Wildman–Crippen LogP) is 0.612. The Balaban J connectivity index is 1.55. The van der Waals surface area contributed by atoms with E-state index < -0.39 is 5.60 Å². The Labute approximate surface area is 147 Å². The molecular formula is C16H25ClN4O3. The molecule has 2 saturated heterocycles. The Morgan fingerprint density at radius 1 is 1.38 bits per heavy atom. The lowest BCUT2D eigenvalue weighted by molar-refractivity contribution is -0.134. The predicted molar refractivity (Wildman–Crippen MR) is 89.9 cm³/mol. The van der Waals surface area contributed by atoms with E-state index >= 15 is 0 Å². The molecule has 0 bridgehead atoms. The van der Waals surface area contributed by atoms with Gasteiger partial charge in [0.25, 0.3) is 0 Å². The normalized spacial score (nSPS) is 25.8. The molecule has 2 aliphatic heterocycles. The van der Waals surface area contributed by atoms with Gasteiger partial charge in [-0.3, -0.25) is 9.48 Å². The number of halogens is 1. The van der Waals surface area contributed by atoms with Crippen LogP contribution in [0.25, 0.3) is 0 Å². The molecule has 1 aromatic heterocycles. The lowest BCUT2D eigenvalue weighted by atomic mass is 10.0. The first-order chi connectivity index (χ1) is 11.5. The van der Waals surface area contributed by atoms with Crippen LogP contribution in [0.1, 0.15) is 19.3 Å². The summed E-state index contributed by atoms with van der Waals surface area (Å²) in [6.07, 6.45) is 5.93. The van der Waals surface area contributed by atoms with Crippen molar-refractivity contribution < 1.29 is 14.6 Å². The second-order valence-corrected chi connectivity index (χ2v) is 7.18. The fourth-order valence-electron chi connectivity index (χ4n) is 3.41. The summed E-state index contributed by atoms with van der Waals surface area (Å²) in [6, 6.07) is 0.